The molecule has 0 unspecified atom stereocenters. The smallest absolute Gasteiger partial charge is 0.417 e. The first-order valence-electron chi connectivity index (χ1n) is 9.47. The molecule has 9 heteroatoms. The Morgan fingerprint density at radius 3 is 2.60 bits per heavy atom. The number of carbonyl (C=O) groups is 2. The van der Waals surface area contributed by atoms with Crippen LogP contribution in [0.4, 0.5) is 10.5 Å². The summed E-state index contributed by atoms with van der Waals surface area (Å²) in [7, 11) is 0. The van der Waals surface area contributed by atoms with E-state index in [0.29, 0.717) is 0 Å². The lowest BCUT2D eigenvalue weighted by Crippen LogP contribution is -2.45. The van der Waals surface area contributed by atoms with Crippen LogP contribution >= 0.6 is 0 Å². The van der Waals surface area contributed by atoms with Gasteiger partial charge in [-0.3, -0.25) is 14.9 Å². The molecule has 0 spiro atoms. The minimum atomic E-state index is -0.784. The Morgan fingerprint density at radius 1 is 1.33 bits per heavy atom. The van der Waals surface area contributed by atoms with Crippen LogP contribution in [-0.4, -0.2) is 38.6 Å². The van der Waals surface area contributed by atoms with Crippen LogP contribution in [0.15, 0.2) is 47.0 Å². The lowest BCUT2D eigenvalue weighted by atomic mass is 9.87. The summed E-state index contributed by atoms with van der Waals surface area (Å²) in [5.41, 5.74) is -0.0243. The molecule has 30 heavy (non-hydrogen) atoms. The van der Waals surface area contributed by atoms with Crippen molar-refractivity contribution in [2.45, 2.75) is 51.7 Å². The van der Waals surface area contributed by atoms with E-state index in [0.717, 1.165) is 10.5 Å². The molecule has 2 atom stereocenters. The predicted molar refractivity (Wildman–Crippen MR) is 107 cm³/mol. The third-order valence-electron chi connectivity index (χ3n) is 4.69. The van der Waals surface area contributed by atoms with Gasteiger partial charge in [-0.25, -0.2) is 9.69 Å². The van der Waals surface area contributed by atoms with Crippen molar-refractivity contribution in [3.63, 3.8) is 0 Å². The number of imide groups is 1. The van der Waals surface area contributed by atoms with Gasteiger partial charge in [-0.15, -0.1) is 0 Å². The molecule has 2 heterocycles. The van der Waals surface area contributed by atoms with Crippen molar-refractivity contribution in [1.29, 1.82) is 0 Å². The molecule has 0 fully saturated rings. The summed E-state index contributed by atoms with van der Waals surface area (Å²) >= 11 is 0. The van der Waals surface area contributed by atoms with Gasteiger partial charge >= 0.3 is 11.8 Å². The van der Waals surface area contributed by atoms with E-state index in [2.05, 4.69) is 5.16 Å². The number of hydrogen-bond donors (Lipinski definition) is 0. The van der Waals surface area contributed by atoms with Crippen LogP contribution in [0.5, 0.6) is 0 Å². The van der Waals surface area contributed by atoms with Crippen molar-refractivity contribution in [2.24, 2.45) is 0 Å². The van der Waals surface area contributed by atoms with Gasteiger partial charge in [0.05, 0.1) is 11.0 Å². The van der Waals surface area contributed by atoms with Gasteiger partial charge < -0.3 is 9.26 Å². The van der Waals surface area contributed by atoms with E-state index < -0.39 is 34.5 Å². The monoisotopic (exact) mass is 413 g/mol. The number of carbonyl (C=O) groups excluding carboxylic acids is 2. The molecule has 9 nitrogen and oxygen atoms in total. The Hall–Kier alpha value is -3.49. The first kappa shape index (κ1) is 21.2. The van der Waals surface area contributed by atoms with Crippen molar-refractivity contribution in [3.8, 4) is 0 Å². The van der Waals surface area contributed by atoms with Gasteiger partial charge in [0, 0.05) is 18.4 Å². The van der Waals surface area contributed by atoms with Gasteiger partial charge in [0.1, 0.15) is 5.60 Å². The van der Waals surface area contributed by atoms with Crippen molar-refractivity contribution in [3.05, 3.63) is 69.6 Å². The molecule has 0 saturated heterocycles. The van der Waals surface area contributed by atoms with E-state index in [1.54, 1.807) is 26.8 Å². The van der Waals surface area contributed by atoms with Crippen LogP contribution in [0.2, 0.25) is 0 Å². The molecule has 0 radical (unpaired) electrons. The first-order valence-corrected chi connectivity index (χ1v) is 9.47. The summed E-state index contributed by atoms with van der Waals surface area (Å²) in [6, 6.07) is 8.46. The number of aryl methyl sites for hydroxylation is 1. The Labute approximate surface area is 173 Å². The molecule has 1 aromatic heterocycles. The zero-order chi connectivity index (χ0) is 22.1. The zero-order valence-corrected chi connectivity index (χ0v) is 17.2. The van der Waals surface area contributed by atoms with Crippen LogP contribution < -0.4 is 0 Å². The summed E-state index contributed by atoms with van der Waals surface area (Å²) in [6.07, 6.45) is 2.22. The van der Waals surface area contributed by atoms with Gasteiger partial charge in [-0.2, -0.15) is 0 Å². The number of hydrogen-bond acceptors (Lipinski definition) is 7. The van der Waals surface area contributed by atoms with E-state index >= 15 is 0 Å². The molecule has 0 aliphatic carbocycles. The van der Waals surface area contributed by atoms with Crippen LogP contribution in [0.3, 0.4) is 0 Å². The summed E-state index contributed by atoms with van der Waals surface area (Å²) in [6.45, 7) is 6.63. The molecule has 0 saturated carbocycles. The SMILES string of the molecule is Cc1noc(C[C@H](c2ccccc2)[C@@H]2C=CC(=O)N2C(=O)OC(C)(C)C)c1[N+](=O)[O-]. The number of aromatic nitrogens is 1. The topological polar surface area (TPSA) is 116 Å². The van der Waals surface area contributed by atoms with E-state index in [9.17, 15) is 19.7 Å². The fraction of sp³-hybridized carbons (Fsp3) is 0.381. The normalized spacial score (nSPS) is 17.3. The van der Waals surface area contributed by atoms with E-state index in [1.165, 1.54) is 13.0 Å². The zero-order valence-electron chi connectivity index (χ0n) is 17.2. The summed E-state index contributed by atoms with van der Waals surface area (Å²) in [5, 5.41) is 15.2. The van der Waals surface area contributed by atoms with Crippen LogP contribution in [0.25, 0.3) is 0 Å². The summed E-state index contributed by atoms with van der Waals surface area (Å²) in [4.78, 5) is 37.2. The highest BCUT2D eigenvalue weighted by Crippen LogP contribution is 2.35. The maximum absolute atomic E-state index is 12.7. The molecule has 3 rings (SSSR count). The molecular formula is C21H23N3O6. The summed E-state index contributed by atoms with van der Waals surface area (Å²) < 4.78 is 10.6. The average Bonchev–Trinajstić information content (AvgIpc) is 3.21. The number of ether oxygens (including phenoxy) is 1. The second-order valence-electron chi connectivity index (χ2n) is 8.06. The second kappa shape index (κ2) is 8.10. The minimum absolute atomic E-state index is 0.0722. The van der Waals surface area contributed by atoms with Crippen LogP contribution in [0, 0.1) is 17.0 Å². The highest BCUT2D eigenvalue weighted by Gasteiger charge is 2.41. The minimum Gasteiger partial charge on any atom is -0.443 e. The number of nitro groups is 1. The van der Waals surface area contributed by atoms with Crippen LogP contribution in [0.1, 0.15) is 43.7 Å². The molecule has 0 bridgehead atoms. The van der Waals surface area contributed by atoms with Gasteiger partial charge in [0.25, 0.3) is 5.91 Å². The predicted octanol–water partition coefficient (Wildman–Crippen LogP) is 3.92. The maximum atomic E-state index is 12.7. The Bertz CT molecular complexity index is 990. The molecule has 0 N–H and O–H groups in total. The van der Waals surface area contributed by atoms with Gasteiger partial charge in [-0.1, -0.05) is 41.6 Å². The Morgan fingerprint density at radius 2 is 2.00 bits per heavy atom. The Balaban J connectivity index is 2.01. The third-order valence-corrected chi connectivity index (χ3v) is 4.69. The van der Waals surface area contributed by atoms with Gasteiger partial charge in [0.15, 0.2) is 5.69 Å². The Kier molecular flexibility index (Phi) is 5.73. The van der Waals surface area contributed by atoms with Crippen molar-refractivity contribution < 1.29 is 23.8 Å². The van der Waals surface area contributed by atoms with E-state index in [-0.39, 0.29) is 23.6 Å². The fourth-order valence-electron chi connectivity index (χ4n) is 3.45. The van der Waals surface area contributed by atoms with Gasteiger partial charge in [-0.05, 0) is 33.3 Å². The first-order chi connectivity index (χ1) is 14.1. The largest absolute Gasteiger partial charge is 0.443 e. The molecule has 1 aliphatic heterocycles. The second-order valence-corrected chi connectivity index (χ2v) is 8.06. The van der Waals surface area contributed by atoms with Crippen LogP contribution in [-0.2, 0) is 16.0 Å². The lowest BCUT2D eigenvalue weighted by Gasteiger charge is -2.31. The van der Waals surface area contributed by atoms with Crippen molar-refractivity contribution in [1.82, 2.24) is 10.1 Å². The highest BCUT2D eigenvalue weighted by molar-refractivity contribution is 6.01. The number of benzene rings is 1. The van der Waals surface area contributed by atoms with Gasteiger partial charge in [0.2, 0.25) is 5.76 Å². The highest BCUT2D eigenvalue weighted by atomic mass is 16.6. The molecule has 2 aromatic rings. The summed E-state index contributed by atoms with van der Waals surface area (Å²) in [5.74, 6) is -0.908. The molecule has 1 aromatic carbocycles. The van der Waals surface area contributed by atoms with E-state index in [4.69, 9.17) is 9.26 Å². The van der Waals surface area contributed by atoms with E-state index in [1.807, 2.05) is 30.3 Å². The standard InChI is InChI=1S/C21H23N3O6/c1-13-19(24(27)28)17(30-22-13)12-15(14-8-6-5-7-9-14)16-10-11-18(25)23(16)20(26)29-21(2,3)4/h5-11,15-16H,12H2,1-4H3/t15-,16+/m1/s1. The molecular weight excluding hydrogens is 390 g/mol. The number of rotatable bonds is 5. The fourth-order valence-corrected chi connectivity index (χ4v) is 3.45. The number of amides is 2. The average molecular weight is 413 g/mol. The number of nitrogens with zero attached hydrogens (tertiary/aromatic N) is 3. The molecule has 1 aliphatic rings. The molecule has 2 amide bonds. The van der Waals surface area contributed by atoms with Crippen molar-refractivity contribution >= 4 is 17.7 Å². The molecule has 158 valence electrons. The third kappa shape index (κ3) is 4.40. The lowest BCUT2D eigenvalue weighted by molar-refractivity contribution is -0.386. The quantitative estimate of drug-likeness (QED) is 0.539. The van der Waals surface area contributed by atoms with Crippen molar-refractivity contribution in [2.75, 3.05) is 0 Å². The maximum Gasteiger partial charge on any atom is 0.417 e.